The van der Waals surface area contributed by atoms with Crippen molar-refractivity contribution in [1.29, 1.82) is 0 Å². The van der Waals surface area contributed by atoms with Crippen LogP contribution in [0.1, 0.15) is 39.2 Å². The average Bonchev–Trinajstić information content (AvgIpc) is 2.82. The molecule has 0 saturated heterocycles. The summed E-state index contributed by atoms with van der Waals surface area (Å²) in [5, 5.41) is 0. The van der Waals surface area contributed by atoms with Gasteiger partial charge in [0.15, 0.2) is 0 Å². The molecule has 1 fully saturated rings. The zero-order chi connectivity index (χ0) is 13.4. The highest BCUT2D eigenvalue weighted by atomic mass is 14.4. The lowest BCUT2D eigenvalue weighted by atomic mass is 9.79. The monoisotopic (exact) mass is 252 g/mol. The lowest BCUT2D eigenvalue weighted by Gasteiger charge is -2.25. The number of rotatable bonds is 2. The van der Waals surface area contributed by atoms with E-state index >= 15 is 0 Å². The van der Waals surface area contributed by atoms with E-state index in [0.29, 0.717) is 0 Å². The van der Waals surface area contributed by atoms with Gasteiger partial charge in [-0.05, 0) is 54.6 Å². The number of hydrogen-bond acceptors (Lipinski definition) is 0. The van der Waals surface area contributed by atoms with Crippen LogP contribution in [0.2, 0.25) is 0 Å². The Morgan fingerprint density at radius 1 is 1.05 bits per heavy atom. The molecule has 1 aromatic carbocycles. The normalized spacial score (nSPS) is 30.0. The van der Waals surface area contributed by atoms with Gasteiger partial charge in [-0.2, -0.15) is 0 Å². The predicted octanol–water partition coefficient (Wildman–Crippen LogP) is 5.33. The van der Waals surface area contributed by atoms with Gasteiger partial charge in [-0.15, -0.1) is 0 Å². The van der Waals surface area contributed by atoms with Crippen molar-refractivity contribution in [3.63, 3.8) is 0 Å². The molecule has 1 saturated carbocycles. The van der Waals surface area contributed by atoms with Crippen LogP contribution >= 0.6 is 0 Å². The van der Waals surface area contributed by atoms with Crippen molar-refractivity contribution in [2.75, 3.05) is 0 Å². The highest BCUT2D eigenvalue weighted by Crippen LogP contribution is 2.49. The molecule has 0 spiro atoms. The lowest BCUT2D eigenvalue weighted by molar-refractivity contribution is 0.386. The molecule has 2 aliphatic rings. The van der Waals surface area contributed by atoms with E-state index in [1.807, 2.05) is 0 Å². The van der Waals surface area contributed by atoms with Crippen LogP contribution in [0.25, 0.3) is 5.57 Å². The average molecular weight is 252 g/mol. The van der Waals surface area contributed by atoms with Crippen LogP contribution in [0.3, 0.4) is 0 Å². The molecule has 3 atom stereocenters. The predicted molar refractivity (Wildman–Crippen MR) is 82.7 cm³/mol. The second-order valence-electron chi connectivity index (χ2n) is 6.62. The second-order valence-corrected chi connectivity index (χ2v) is 6.62. The smallest absolute Gasteiger partial charge is 0.00899 e. The second kappa shape index (κ2) is 5.00. The van der Waals surface area contributed by atoms with Crippen molar-refractivity contribution >= 4 is 5.57 Å². The van der Waals surface area contributed by atoms with Crippen molar-refractivity contribution in [2.24, 2.45) is 23.7 Å². The van der Waals surface area contributed by atoms with E-state index < -0.39 is 0 Å². The quantitative estimate of drug-likeness (QED) is 0.667. The van der Waals surface area contributed by atoms with Crippen molar-refractivity contribution in [1.82, 2.24) is 0 Å². The summed E-state index contributed by atoms with van der Waals surface area (Å²) in [6.07, 6.45) is 7.68. The van der Waals surface area contributed by atoms with E-state index in [2.05, 4.69) is 63.3 Å². The fourth-order valence-electron chi connectivity index (χ4n) is 3.86. The Balaban J connectivity index is 1.94. The van der Waals surface area contributed by atoms with Crippen molar-refractivity contribution in [3.8, 4) is 0 Å². The Bertz CT molecular complexity index is 504. The van der Waals surface area contributed by atoms with Gasteiger partial charge in [-0.25, -0.2) is 0 Å². The summed E-state index contributed by atoms with van der Waals surface area (Å²) in [5.74, 6) is 3.23. The lowest BCUT2D eigenvalue weighted by Crippen LogP contribution is -2.12. The summed E-state index contributed by atoms with van der Waals surface area (Å²) in [6, 6.07) is 11.0. The van der Waals surface area contributed by atoms with Crippen LogP contribution in [-0.2, 0) is 0 Å². The minimum Gasteiger partial charge on any atom is -0.0778 e. The highest BCUT2D eigenvalue weighted by molar-refractivity contribution is 5.72. The summed E-state index contributed by atoms with van der Waals surface area (Å²) in [4.78, 5) is 0. The Kier molecular flexibility index (Phi) is 3.35. The Morgan fingerprint density at radius 3 is 2.47 bits per heavy atom. The molecular formula is C19H24. The molecule has 3 rings (SSSR count). The number of hydrogen-bond donors (Lipinski definition) is 0. The van der Waals surface area contributed by atoms with Crippen LogP contribution < -0.4 is 0 Å². The number of fused-ring (bicyclic) bond motifs is 1. The van der Waals surface area contributed by atoms with Crippen molar-refractivity contribution in [2.45, 2.75) is 33.6 Å². The molecule has 0 amide bonds. The molecule has 0 aromatic heterocycles. The molecule has 0 heteroatoms. The molecule has 0 nitrogen and oxygen atoms in total. The molecule has 0 radical (unpaired) electrons. The van der Waals surface area contributed by atoms with E-state index in [9.17, 15) is 0 Å². The Morgan fingerprint density at radius 2 is 1.79 bits per heavy atom. The van der Waals surface area contributed by atoms with Gasteiger partial charge in [0.25, 0.3) is 0 Å². The SMILES string of the molecule is CC1=CC2CC(C(C)C)CC2C(c2ccccc2)=C1. The van der Waals surface area contributed by atoms with E-state index in [4.69, 9.17) is 0 Å². The molecule has 2 aliphatic carbocycles. The van der Waals surface area contributed by atoms with Gasteiger partial charge in [0.05, 0.1) is 0 Å². The maximum absolute atomic E-state index is 2.51. The topological polar surface area (TPSA) is 0 Å². The van der Waals surface area contributed by atoms with Gasteiger partial charge in [0.1, 0.15) is 0 Å². The largest absolute Gasteiger partial charge is 0.0778 e. The van der Waals surface area contributed by atoms with Crippen molar-refractivity contribution in [3.05, 3.63) is 53.6 Å². The number of allylic oxidation sites excluding steroid dienone is 4. The standard InChI is InChI=1S/C19H24/c1-13(2)16-11-17-9-14(3)10-18(19(17)12-16)15-7-5-4-6-8-15/h4-10,13,16-17,19H,11-12H2,1-3H3. The molecule has 100 valence electrons. The molecular weight excluding hydrogens is 228 g/mol. The Labute approximate surface area is 117 Å². The van der Waals surface area contributed by atoms with Crippen LogP contribution in [-0.4, -0.2) is 0 Å². The molecule has 3 unspecified atom stereocenters. The first-order valence-corrected chi connectivity index (χ1v) is 7.60. The van der Waals surface area contributed by atoms with Crippen molar-refractivity contribution < 1.29 is 0 Å². The minimum absolute atomic E-state index is 0.749. The third-order valence-electron chi connectivity index (χ3n) is 4.96. The van der Waals surface area contributed by atoms with Crippen LogP contribution in [0.15, 0.2) is 48.1 Å². The summed E-state index contributed by atoms with van der Waals surface area (Å²) in [7, 11) is 0. The van der Waals surface area contributed by atoms with Gasteiger partial charge in [0, 0.05) is 0 Å². The highest BCUT2D eigenvalue weighted by Gasteiger charge is 2.38. The number of benzene rings is 1. The van der Waals surface area contributed by atoms with E-state index in [1.165, 1.54) is 24.0 Å². The van der Waals surface area contributed by atoms with Gasteiger partial charge >= 0.3 is 0 Å². The van der Waals surface area contributed by atoms with Crippen LogP contribution in [0.4, 0.5) is 0 Å². The molecule has 0 aliphatic heterocycles. The first kappa shape index (κ1) is 12.7. The van der Waals surface area contributed by atoms with E-state index in [1.54, 1.807) is 5.57 Å². The third-order valence-corrected chi connectivity index (χ3v) is 4.96. The van der Waals surface area contributed by atoms with Gasteiger partial charge in [0.2, 0.25) is 0 Å². The zero-order valence-corrected chi connectivity index (χ0v) is 12.3. The molecule has 19 heavy (non-hydrogen) atoms. The molecule has 0 bridgehead atoms. The summed E-state index contributed by atoms with van der Waals surface area (Å²) >= 11 is 0. The maximum Gasteiger partial charge on any atom is -0.00899 e. The Hall–Kier alpha value is -1.30. The van der Waals surface area contributed by atoms with Gasteiger partial charge < -0.3 is 0 Å². The first-order chi connectivity index (χ1) is 9.15. The fourth-order valence-corrected chi connectivity index (χ4v) is 3.86. The van der Waals surface area contributed by atoms with Gasteiger partial charge in [-0.3, -0.25) is 0 Å². The van der Waals surface area contributed by atoms with Gasteiger partial charge in [-0.1, -0.05) is 61.9 Å². The third kappa shape index (κ3) is 2.41. The van der Waals surface area contributed by atoms with E-state index in [0.717, 1.165) is 23.7 Å². The maximum atomic E-state index is 2.51. The zero-order valence-electron chi connectivity index (χ0n) is 12.3. The first-order valence-electron chi connectivity index (χ1n) is 7.60. The summed E-state index contributed by atoms with van der Waals surface area (Å²) < 4.78 is 0. The van der Waals surface area contributed by atoms with E-state index in [-0.39, 0.29) is 0 Å². The molecule has 1 aromatic rings. The van der Waals surface area contributed by atoms with Crippen LogP contribution in [0, 0.1) is 23.7 Å². The summed E-state index contributed by atoms with van der Waals surface area (Å²) in [5.41, 5.74) is 4.45. The minimum atomic E-state index is 0.749. The van der Waals surface area contributed by atoms with Crippen LogP contribution in [0.5, 0.6) is 0 Å². The molecule has 0 N–H and O–H groups in total. The fraction of sp³-hybridized carbons (Fsp3) is 0.474. The summed E-state index contributed by atoms with van der Waals surface area (Å²) in [6.45, 7) is 7.01. The molecule has 0 heterocycles.